The van der Waals surface area contributed by atoms with Gasteiger partial charge in [-0.05, 0) is 37.0 Å². The van der Waals surface area contributed by atoms with Crippen molar-refractivity contribution in [3.8, 4) is 6.07 Å². The quantitative estimate of drug-likeness (QED) is 0.625. The Morgan fingerprint density at radius 2 is 2.11 bits per heavy atom. The number of nitrogen functional groups attached to an aromatic ring is 1. The Morgan fingerprint density at radius 3 is 2.78 bits per heavy atom. The highest BCUT2D eigenvalue weighted by Crippen LogP contribution is 2.25. The molecule has 0 saturated heterocycles. The van der Waals surface area contributed by atoms with E-state index in [2.05, 4.69) is 28.3 Å². The molecule has 1 aromatic carbocycles. The largest absolute Gasteiger partial charge is 0.396 e. The summed E-state index contributed by atoms with van der Waals surface area (Å²) >= 11 is 0. The molecule has 0 aliphatic heterocycles. The van der Waals surface area contributed by atoms with Gasteiger partial charge in [-0.2, -0.15) is 10.2 Å². The average molecular weight is 371 g/mol. The lowest BCUT2D eigenvalue weighted by Crippen LogP contribution is -2.23. The summed E-state index contributed by atoms with van der Waals surface area (Å²) < 4.78 is 14.3. The van der Waals surface area contributed by atoms with E-state index in [1.165, 1.54) is 6.07 Å². The third-order valence-electron chi connectivity index (χ3n) is 4.45. The molecule has 6 nitrogen and oxygen atoms in total. The van der Waals surface area contributed by atoms with Crippen molar-refractivity contribution in [3.05, 3.63) is 46.4 Å². The number of benzene rings is 1. The first-order valence-corrected chi connectivity index (χ1v) is 9.13. The second-order valence-electron chi connectivity index (χ2n) is 6.57. The second-order valence-corrected chi connectivity index (χ2v) is 6.57. The molecule has 0 saturated carbocycles. The van der Waals surface area contributed by atoms with Gasteiger partial charge in [-0.25, -0.2) is 9.37 Å². The van der Waals surface area contributed by atoms with Crippen molar-refractivity contribution in [1.82, 2.24) is 9.97 Å². The first-order valence-electron chi connectivity index (χ1n) is 9.13. The number of hydrogen-bond acceptors (Lipinski definition) is 6. The molecule has 2 aromatic rings. The zero-order valence-corrected chi connectivity index (χ0v) is 15.8. The molecular formula is C20H26FN5O. The van der Waals surface area contributed by atoms with Crippen LogP contribution in [0, 0.1) is 24.1 Å². The molecule has 7 heteroatoms. The molecule has 1 unspecified atom stereocenters. The van der Waals surface area contributed by atoms with Crippen LogP contribution in [0.5, 0.6) is 0 Å². The minimum Gasteiger partial charge on any atom is -0.396 e. The fraction of sp³-hybridized carbons (Fsp3) is 0.450. The summed E-state index contributed by atoms with van der Waals surface area (Å²) in [6.07, 6.45) is 2.93. The van der Waals surface area contributed by atoms with Crippen LogP contribution in [-0.4, -0.2) is 27.7 Å². The Hall–Kier alpha value is -2.72. The van der Waals surface area contributed by atoms with Crippen LogP contribution in [0.1, 0.15) is 48.6 Å². The van der Waals surface area contributed by atoms with E-state index >= 15 is 0 Å². The van der Waals surface area contributed by atoms with Gasteiger partial charge in [-0.3, -0.25) is 0 Å². The van der Waals surface area contributed by atoms with Crippen LogP contribution >= 0.6 is 0 Å². The Bertz CT molecular complexity index is 813. The smallest absolute Gasteiger partial charge is 0.222 e. The Morgan fingerprint density at radius 1 is 1.33 bits per heavy atom. The highest BCUT2D eigenvalue weighted by atomic mass is 19.1. The van der Waals surface area contributed by atoms with Crippen molar-refractivity contribution in [1.29, 1.82) is 5.26 Å². The van der Waals surface area contributed by atoms with Crippen LogP contribution in [0.25, 0.3) is 0 Å². The minimum atomic E-state index is -0.334. The van der Waals surface area contributed by atoms with Crippen LogP contribution in [-0.2, 0) is 12.8 Å². The molecule has 1 aromatic heterocycles. The van der Waals surface area contributed by atoms with E-state index in [-0.39, 0.29) is 37.3 Å². The molecule has 2 rings (SSSR count). The normalized spacial score (nSPS) is 11.8. The van der Waals surface area contributed by atoms with E-state index in [4.69, 9.17) is 11.0 Å². The molecule has 0 radical (unpaired) electrons. The number of aliphatic hydroxyl groups excluding tert-OH is 1. The fourth-order valence-electron chi connectivity index (χ4n) is 3.09. The number of hydrogen-bond donors (Lipinski definition) is 3. The molecule has 144 valence electrons. The molecule has 0 fully saturated rings. The highest BCUT2D eigenvalue weighted by Gasteiger charge is 2.17. The van der Waals surface area contributed by atoms with Crippen molar-refractivity contribution >= 4 is 11.8 Å². The topological polar surface area (TPSA) is 108 Å². The van der Waals surface area contributed by atoms with Crippen molar-refractivity contribution in [3.63, 3.8) is 0 Å². The SMILES string of the molecule is CCCC(CCO)Nc1nc(N)nc(C)c1Cc1cc(CC#N)ccc1F. The Kier molecular flexibility index (Phi) is 7.50. The third-order valence-corrected chi connectivity index (χ3v) is 4.45. The summed E-state index contributed by atoms with van der Waals surface area (Å²) in [5.74, 6) is 0.382. The van der Waals surface area contributed by atoms with Gasteiger partial charge in [0.2, 0.25) is 5.95 Å². The third kappa shape index (κ3) is 5.63. The molecule has 0 aliphatic carbocycles. The zero-order valence-electron chi connectivity index (χ0n) is 15.8. The first-order chi connectivity index (χ1) is 13.0. The standard InChI is InChI=1S/C20H26FN5O/c1-3-4-16(8-10-27)25-19-17(13(2)24-20(23)26-19)12-15-11-14(7-9-22)5-6-18(15)21/h5-6,11,16,27H,3-4,7-8,10,12H2,1-2H3,(H3,23,24,25,26). The number of aliphatic hydroxyl groups is 1. The van der Waals surface area contributed by atoms with Gasteiger partial charge in [0.1, 0.15) is 11.6 Å². The van der Waals surface area contributed by atoms with Crippen molar-refractivity contribution in [2.45, 2.75) is 52.0 Å². The second kappa shape index (κ2) is 9.83. The van der Waals surface area contributed by atoms with E-state index in [1.54, 1.807) is 12.1 Å². The van der Waals surface area contributed by atoms with E-state index in [1.807, 2.05) is 6.92 Å². The van der Waals surface area contributed by atoms with Crippen LogP contribution in [0.15, 0.2) is 18.2 Å². The summed E-state index contributed by atoms with van der Waals surface area (Å²) in [7, 11) is 0. The lowest BCUT2D eigenvalue weighted by Gasteiger charge is -2.21. The average Bonchev–Trinajstić information content (AvgIpc) is 2.61. The van der Waals surface area contributed by atoms with Gasteiger partial charge in [0, 0.05) is 30.3 Å². The zero-order chi connectivity index (χ0) is 19.8. The maximum atomic E-state index is 14.3. The molecule has 1 atom stereocenters. The molecule has 4 N–H and O–H groups in total. The van der Waals surface area contributed by atoms with Crippen LogP contribution in [0.2, 0.25) is 0 Å². The highest BCUT2D eigenvalue weighted by molar-refractivity contribution is 5.52. The predicted molar refractivity (Wildman–Crippen MR) is 104 cm³/mol. The van der Waals surface area contributed by atoms with Gasteiger partial charge >= 0.3 is 0 Å². The summed E-state index contributed by atoms with van der Waals surface area (Å²) in [5.41, 5.74) is 8.50. The Balaban J connectivity index is 2.39. The molecule has 0 amide bonds. The number of nitriles is 1. The predicted octanol–water partition coefficient (Wildman–Crippen LogP) is 3.13. The van der Waals surface area contributed by atoms with Gasteiger partial charge in [0.05, 0.1) is 12.5 Å². The minimum absolute atomic E-state index is 0.0437. The molecule has 1 heterocycles. The number of rotatable bonds is 9. The van der Waals surface area contributed by atoms with Gasteiger partial charge < -0.3 is 16.2 Å². The molecule has 0 aliphatic rings. The maximum absolute atomic E-state index is 14.3. The lowest BCUT2D eigenvalue weighted by atomic mass is 10.00. The molecule has 0 spiro atoms. The van der Waals surface area contributed by atoms with Gasteiger partial charge in [-0.15, -0.1) is 0 Å². The summed E-state index contributed by atoms with van der Waals surface area (Å²) in [4.78, 5) is 8.54. The number of nitrogens with two attached hydrogens (primary N) is 1. The Labute approximate surface area is 159 Å². The number of anilines is 2. The van der Waals surface area contributed by atoms with Crippen molar-refractivity contribution in [2.75, 3.05) is 17.7 Å². The van der Waals surface area contributed by atoms with E-state index in [0.29, 0.717) is 23.5 Å². The van der Waals surface area contributed by atoms with Crippen molar-refractivity contribution in [2.24, 2.45) is 0 Å². The number of halogens is 1. The number of nitrogens with zero attached hydrogens (tertiary/aromatic N) is 3. The first kappa shape index (κ1) is 20.6. The summed E-state index contributed by atoms with van der Waals surface area (Å²) in [6.45, 7) is 3.95. The number of nitrogens with one attached hydrogen (secondary N) is 1. The van der Waals surface area contributed by atoms with E-state index < -0.39 is 0 Å². The molecule has 0 bridgehead atoms. The molecule has 27 heavy (non-hydrogen) atoms. The fourth-order valence-corrected chi connectivity index (χ4v) is 3.09. The van der Waals surface area contributed by atoms with E-state index in [0.717, 1.165) is 24.0 Å². The number of aromatic nitrogens is 2. The maximum Gasteiger partial charge on any atom is 0.222 e. The van der Waals surface area contributed by atoms with Crippen molar-refractivity contribution < 1.29 is 9.50 Å². The van der Waals surface area contributed by atoms with Crippen LogP contribution < -0.4 is 11.1 Å². The monoisotopic (exact) mass is 371 g/mol. The van der Waals surface area contributed by atoms with Gasteiger partial charge in [0.15, 0.2) is 0 Å². The molecular weight excluding hydrogens is 345 g/mol. The van der Waals surface area contributed by atoms with Crippen LogP contribution in [0.3, 0.4) is 0 Å². The summed E-state index contributed by atoms with van der Waals surface area (Å²) in [6, 6.07) is 6.83. The van der Waals surface area contributed by atoms with Gasteiger partial charge in [0.25, 0.3) is 0 Å². The van der Waals surface area contributed by atoms with Gasteiger partial charge in [-0.1, -0.05) is 25.5 Å². The van der Waals surface area contributed by atoms with Crippen LogP contribution in [0.4, 0.5) is 16.2 Å². The lowest BCUT2D eigenvalue weighted by molar-refractivity contribution is 0.276. The number of aryl methyl sites for hydroxylation is 1. The van der Waals surface area contributed by atoms with E-state index in [9.17, 15) is 9.50 Å². The summed E-state index contributed by atoms with van der Waals surface area (Å²) in [5, 5.41) is 21.5.